The van der Waals surface area contributed by atoms with Crippen LogP contribution in [-0.2, 0) is 9.59 Å². The first kappa shape index (κ1) is 13.8. The van der Waals surface area contributed by atoms with Gasteiger partial charge in [0.15, 0.2) is 0 Å². The Kier molecular flexibility index (Phi) is 3.09. The zero-order chi connectivity index (χ0) is 16.0. The second kappa shape index (κ2) is 5.13. The monoisotopic (exact) mass is 325 g/mol. The molecule has 0 spiro atoms. The standard InChI is InChI=1S/C16H11N3O3S/c20-14-11(15-19(14)12(8-23-15)16(21)22)6-10-7-17-13(18-10)9-4-2-1-3-5-9/h1-8,15H,(H,17,18)(H,21,22). The summed E-state index contributed by atoms with van der Waals surface area (Å²) >= 11 is 1.32. The van der Waals surface area contributed by atoms with E-state index in [1.807, 2.05) is 30.3 Å². The van der Waals surface area contributed by atoms with Crippen LogP contribution < -0.4 is 0 Å². The molecular formula is C16H11N3O3S. The molecule has 1 fully saturated rings. The van der Waals surface area contributed by atoms with E-state index in [9.17, 15) is 9.59 Å². The number of amides is 1. The fourth-order valence-corrected chi connectivity index (χ4v) is 3.70. The van der Waals surface area contributed by atoms with Crippen LogP contribution in [0.3, 0.4) is 0 Å². The van der Waals surface area contributed by atoms with Gasteiger partial charge in [-0.15, -0.1) is 11.8 Å². The maximum absolute atomic E-state index is 12.1. The number of carbonyl (C=O) groups excluding carboxylic acids is 1. The summed E-state index contributed by atoms with van der Waals surface area (Å²) in [5, 5.41) is 10.3. The molecule has 1 saturated heterocycles. The number of carbonyl (C=O) groups is 2. The van der Waals surface area contributed by atoms with Crippen LogP contribution >= 0.6 is 11.8 Å². The summed E-state index contributed by atoms with van der Waals surface area (Å²) in [4.78, 5) is 32.0. The van der Waals surface area contributed by atoms with Gasteiger partial charge < -0.3 is 10.1 Å². The molecule has 1 aromatic carbocycles. The Morgan fingerprint density at radius 2 is 2.13 bits per heavy atom. The topological polar surface area (TPSA) is 86.3 Å². The predicted molar refractivity (Wildman–Crippen MR) is 85.9 cm³/mol. The van der Waals surface area contributed by atoms with Crippen molar-refractivity contribution < 1.29 is 14.7 Å². The maximum atomic E-state index is 12.1. The van der Waals surface area contributed by atoms with E-state index >= 15 is 0 Å². The lowest BCUT2D eigenvalue weighted by atomic mass is 10.0. The molecule has 0 saturated carbocycles. The summed E-state index contributed by atoms with van der Waals surface area (Å²) < 4.78 is 0. The van der Waals surface area contributed by atoms with E-state index in [0.29, 0.717) is 5.57 Å². The van der Waals surface area contributed by atoms with Gasteiger partial charge in [-0.25, -0.2) is 9.78 Å². The number of benzene rings is 1. The van der Waals surface area contributed by atoms with Crippen molar-refractivity contribution in [2.45, 2.75) is 5.37 Å². The molecule has 0 radical (unpaired) electrons. The molecule has 114 valence electrons. The highest BCUT2D eigenvalue weighted by Crippen LogP contribution is 2.45. The summed E-state index contributed by atoms with van der Waals surface area (Å²) in [5.41, 5.74) is 2.29. The summed E-state index contributed by atoms with van der Waals surface area (Å²) in [6.07, 6.45) is 3.39. The SMILES string of the molecule is O=C(O)C1=CSC2C(=Cc3cnc(-c4ccccc4)[nH]3)C(=O)N12. The van der Waals surface area contributed by atoms with E-state index in [0.717, 1.165) is 17.1 Å². The molecule has 3 heterocycles. The Bertz CT molecular complexity index is 870. The van der Waals surface area contributed by atoms with Gasteiger partial charge in [0.25, 0.3) is 5.91 Å². The summed E-state index contributed by atoms with van der Waals surface area (Å²) in [5.74, 6) is -0.630. The first-order valence-electron chi connectivity index (χ1n) is 6.89. The number of β-lactam (4-membered cyclic amide) rings is 1. The molecule has 7 heteroatoms. The molecule has 1 unspecified atom stereocenters. The third-order valence-corrected chi connectivity index (χ3v) is 4.79. The van der Waals surface area contributed by atoms with Crippen molar-refractivity contribution in [2.75, 3.05) is 0 Å². The molecule has 2 aromatic rings. The number of carboxylic acids is 1. The first-order chi connectivity index (χ1) is 11.1. The smallest absolute Gasteiger partial charge is 0.353 e. The van der Waals surface area contributed by atoms with E-state index in [2.05, 4.69) is 9.97 Å². The minimum Gasteiger partial charge on any atom is -0.477 e. The third-order valence-electron chi connectivity index (χ3n) is 3.71. The van der Waals surface area contributed by atoms with E-state index in [1.54, 1.807) is 12.3 Å². The Morgan fingerprint density at radius 1 is 1.35 bits per heavy atom. The lowest BCUT2D eigenvalue weighted by Gasteiger charge is -2.37. The molecule has 2 N–H and O–H groups in total. The molecular weight excluding hydrogens is 314 g/mol. The van der Waals surface area contributed by atoms with Crippen molar-refractivity contribution in [3.63, 3.8) is 0 Å². The van der Waals surface area contributed by atoms with Gasteiger partial charge in [0.2, 0.25) is 0 Å². The molecule has 1 atom stereocenters. The Balaban J connectivity index is 1.58. The van der Waals surface area contributed by atoms with E-state index in [1.165, 1.54) is 22.1 Å². The molecule has 6 nitrogen and oxygen atoms in total. The number of nitrogens with one attached hydrogen (secondary N) is 1. The zero-order valence-corrected chi connectivity index (χ0v) is 12.6. The van der Waals surface area contributed by atoms with Gasteiger partial charge in [-0.05, 0) is 6.08 Å². The number of aromatic nitrogens is 2. The van der Waals surface area contributed by atoms with Gasteiger partial charge in [0.1, 0.15) is 16.9 Å². The average Bonchev–Trinajstić information content (AvgIpc) is 3.18. The van der Waals surface area contributed by atoms with Crippen LogP contribution in [-0.4, -0.2) is 37.2 Å². The van der Waals surface area contributed by atoms with Crippen molar-refractivity contribution in [1.82, 2.24) is 14.9 Å². The summed E-state index contributed by atoms with van der Waals surface area (Å²) in [7, 11) is 0. The largest absolute Gasteiger partial charge is 0.477 e. The molecule has 23 heavy (non-hydrogen) atoms. The van der Waals surface area contributed by atoms with E-state index < -0.39 is 5.97 Å². The Morgan fingerprint density at radius 3 is 2.87 bits per heavy atom. The highest BCUT2D eigenvalue weighted by atomic mass is 32.2. The summed E-state index contributed by atoms with van der Waals surface area (Å²) in [6, 6.07) is 9.68. The Hall–Kier alpha value is -2.80. The number of hydrogen-bond acceptors (Lipinski definition) is 4. The number of rotatable bonds is 3. The van der Waals surface area contributed by atoms with Gasteiger partial charge in [0.05, 0.1) is 17.5 Å². The number of thioether (sulfide) groups is 1. The molecule has 1 amide bonds. The number of aromatic amines is 1. The van der Waals surface area contributed by atoms with Gasteiger partial charge in [-0.1, -0.05) is 30.3 Å². The lowest BCUT2D eigenvalue weighted by Crippen LogP contribution is -2.51. The van der Waals surface area contributed by atoms with Gasteiger partial charge in [-0.3, -0.25) is 9.69 Å². The van der Waals surface area contributed by atoms with E-state index in [-0.39, 0.29) is 17.0 Å². The molecule has 4 rings (SSSR count). The van der Waals surface area contributed by atoms with Crippen molar-refractivity contribution in [1.29, 1.82) is 0 Å². The van der Waals surface area contributed by atoms with Crippen LogP contribution in [0.2, 0.25) is 0 Å². The number of aliphatic carboxylic acids is 1. The second-order valence-electron chi connectivity index (χ2n) is 5.12. The Labute approximate surface area is 135 Å². The van der Waals surface area contributed by atoms with Crippen molar-refractivity contribution in [3.05, 3.63) is 58.9 Å². The molecule has 1 aromatic heterocycles. The molecule has 2 aliphatic rings. The molecule has 2 aliphatic heterocycles. The van der Waals surface area contributed by atoms with Crippen LogP contribution in [0, 0.1) is 0 Å². The molecule has 0 bridgehead atoms. The highest BCUT2D eigenvalue weighted by Gasteiger charge is 2.49. The van der Waals surface area contributed by atoms with Crippen LogP contribution in [0.4, 0.5) is 0 Å². The average molecular weight is 325 g/mol. The van der Waals surface area contributed by atoms with Crippen LogP contribution in [0.25, 0.3) is 17.5 Å². The first-order valence-corrected chi connectivity index (χ1v) is 7.84. The number of fused-ring (bicyclic) bond motifs is 1. The number of imidazole rings is 1. The molecule has 0 aliphatic carbocycles. The van der Waals surface area contributed by atoms with Crippen molar-refractivity contribution >= 4 is 29.7 Å². The fraction of sp³-hybridized carbons (Fsp3) is 0.0625. The summed E-state index contributed by atoms with van der Waals surface area (Å²) in [6.45, 7) is 0. The highest BCUT2D eigenvalue weighted by molar-refractivity contribution is 8.03. The van der Waals surface area contributed by atoms with Crippen molar-refractivity contribution in [2.24, 2.45) is 0 Å². The zero-order valence-electron chi connectivity index (χ0n) is 11.8. The fourth-order valence-electron chi connectivity index (χ4n) is 2.59. The maximum Gasteiger partial charge on any atom is 0.353 e. The number of hydrogen-bond donors (Lipinski definition) is 2. The minimum absolute atomic E-state index is 0.0386. The normalized spacial score (nSPS) is 21.1. The minimum atomic E-state index is -1.08. The predicted octanol–water partition coefficient (Wildman–Crippen LogP) is 2.30. The lowest BCUT2D eigenvalue weighted by molar-refractivity contribution is -0.141. The van der Waals surface area contributed by atoms with Crippen molar-refractivity contribution in [3.8, 4) is 11.4 Å². The third kappa shape index (κ3) is 2.17. The van der Waals surface area contributed by atoms with Crippen LogP contribution in [0.1, 0.15) is 5.69 Å². The van der Waals surface area contributed by atoms with E-state index in [4.69, 9.17) is 5.11 Å². The number of carboxylic acid groups (broad SMARTS) is 1. The van der Waals surface area contributed by atoms with Gasteiger partial charge >= 0.3 is 5.97 Å². The van der Waals surface area contributed by atoms with Gasteiger partial charge in [0, 0.05) is 11.0 Å². The number of H-pyrrole nitrogens is 1. The van der Waals surface area contributed by atoms with Gasteiger partial charge in [-0.2, -0.15) is 0 Å². The number of nitrogens with zero attached hydrogens (tertiary/aromatic N) is 2. The van der Waals surface area contributed by atoms with Crippen LogP contribution in [0.5, 0.6) is 0 Å². The van der Waals surface area contributed by atoms with Crippen LogP contribution in [0.15, 0.2) is 53.2 Å². The second-order valence-corrected chi connectivity index (χ2v) is 6.08. The quantitative estimate of drug-likeness (QED) is 0.668.